The zero-order valence-corrected chi connectivity index (χ0v) is 23.0. The first kappa shape index (κ1) is 27.0. The number of thioether (sulfide) groups is 1. The van der Waals surface area contributed by atoms with Crippen molar-refractivity contribution >= 4 is 51.4 Å². The van der Waals surface area contributed by atoms with Crippen LogP contribution in [0.1, 0.15) is 16.7 Å². The van der Waals surface area contributed by atoms with Crippen LogP contribution in [0, 0.1) is 13.8 Å². The fourth-order valence-electron chi connectivity index (χ4n) is 4.24. The van der Waals surface area contributed by atoms with E-state index in [4.69, 9.17) is 9.47 Å². The first-order chi connectivity index (χ1) is 19.4. The van der Waals surface area contributed by atoms with Crippen molar-refractivity contribution in [2.24, 2.45) is 0 Å². The molecule has 0 saturated carbocycles. The van der Waals surface area contributed by atoms with Gasteiger partial charge in [-0.25, -0.2) is 0 Å². The molecule has 0 radical (unpaired) electrons. The summed E-state index contributed by atoms with van der Waals surface area (Å²) in [5.41, 5.74) is 3.72. The van der Waals surface area contributed by atoms with E-state index in [9.17, 15) is 14.4 Å². The van der Waals surface area contributed by atoms with Crippen molar-refractivity contribution in [3.63, 3.8) is 0 Å². The smallest absolute Gasteiger partial charge is 0.293 e. The number of carbonyl (C=O) groups is 3. The molecule has 1 N–H and O–H groups in total. The second-order valence-corrected chi connectivity index (χ2v) is 10.4. The molecule has 1 fully saturated rings. The third kappa shape index (κ3) is 6.35. The zero-order valence-electron chi connectivity index (χ0n) is 22.2. The molecule has 1 heterocycles. The normalized spacial score (nSPS) is 14.2. The van der Waals surface area contributed by atoms with E-state index in [0.29, 0.717) is 16.4 Å². The van der Waals surface area contributed by atoms with Crippen LogP contribution in [0.3, 0.4) is 0 Å². The standard InChI is InChI=1S/C32H28N2O5S/c1-21-10-13-25(18-22(21)2)33-30(35)20-39-26-14-11-23(12-15-26)19-29-31(36)34(32(37)40-29)16-17-38-28-9-5-7-24-6-3-4-8-27(24)28/h3-15,18-19H,16-17,20H2,1-2H3,(H,33,35)/b29-19-. The summed E-state index contributed by atoms with van der Waals surface area (Å²) < 4.78 is 11.5. The van der Waals surface area contributed by atoms with E-state index >= 15 is 0 Å². The first-order valence-corrected chi connectivity index (χ1v) is 13.6. The van der Waals surface area contributed by atoms with Gasteiger partial charge in [-0.1, -0.05) is 54.6 Å². The van der Waals surface area contributed by atoms with Gasteiger partial charge in [-0.05, 0) is 84.1 Å². The van der Waals surface area contributed by atoms with Crippen LogP contribution in [0.25, 0.3) is 16.8 Å². The Hall–Kier alpha value is -4.56. The largest absolute Gasteiger partial charge is 0.491 e. The Morgan fingerprint density at radius 1 is 0.900 bits per heavy atom. The number of aryl methyl sites for hydroxylation is 2. The molecule has 7 nitrogen and oxygen atoms in total. The van der Waals surface area contributed by atoms with Gasteiger partial charge in [-0.2, -0.15) is 0 Å². The number of carbonyl (C=O) groups excluding carboxylic acids is 3. The predicted molar refractivity (Wildman–Crippen MR) is 159 cm³/mol. The van der Waals surface area contributed by atoms with Gasteiger partial charge in [0.2, 0.25) is 0 Å². The maximum Gasteiger partial charge on any atom is 0.293 e. The van der Waals surface area contributed by atoms with E-state index in [0.717, 1.165) is 44.9 Å². The molecule has 4 aromatic rings. The molecule has 3 amide bonds. The van der Waals surface area contributed by atoms with Crippen molar-refractivity contribution in [1.29, 1.82) is 0 Å². The van der Waals surface area contributed by atoms with Gasteiger partial charge in [-0.15, -0.1) is 0 Å². The minimum absolute atomic E-state index is 0.133. The van der Waals surface area contributed by atoms with Gasteiger partial charge in [0.25, 0.3) is 17.1 Å². The molecule has 0 bridgehead atoms. The summed E-state index contributed by atoms with van der Waals surface area (Å²) in [6, 6.07) is 26.4. The van der Waals surface area contributed by atoms with Gasteiger partial charge in [0.1, 0.15) is 18.1 Å². The summed E-state index contributed by atoms with van der Waals surface area (Å²) in [7, 11) is 0. The number of benzene rings is 4. The highest BCUT2D eigenvalue weighted by atomic mass is 32.2. The summed E-state index contributed by atoms with van der Waals surface area (Å²) in [6.45, 7) is 4.23. The van der Waals surface area contributed by atoms with E-state index < -0.39 is 0 Å². The van der Waals surface area contributed by atoms with Crippen LogP contribution in [0.2, 0.25) is 0 Å². The van der Waals surface area contributed by atoms with Gasteiger partial charge in [-0.3, -0.25) is 19.3 Å². The quantitative estimate of drug-likeness (QED) is 0.236. The highest BCUT2D eigenvalue weighted by molar-refractivity contribution is 8.18. The van der Waals surface area contributed by atoms with Gasteiger partial charge >= 0.3 is 0 Å². The lowest BCUT2D eigenvalue weighted by Gasteiger charge is -2.14. The zero-order chi connectivity index (χ0) is 28.1. The van der Waals surface area contributed by atoms with Gasteiger partial charge in [0.05, 0.1) is 11.4 Å². The molecule has 8 heteroatoms. The number of fused-ring (bicyclic) bond motifs is 1. The molecule has 4 aromatic carbocycles. The topological polar surface area (TPSA) is 84.9 Å². The van der Waals surface area contributed by atoms with E-state index in [2.05, 4.69) is 5.32 Å². The Labute approximate surface area is 236 Å². The molecule has 5 rings (SSSR count). The third-order valence-corrected chi connectivity index (χ3v) is 7.44. The Morgan fingerprint density at radius 3 is 2.48 bits per heavy atom. The Kier molecular flexibility index (Phi) is 8.17. The average Bonchev–Trinajstić information content (AvgIpc) is 3.22. The summed E-state index contributed by atoms with van der Waals surface area (Å²) in [6.07, 6.45) is 1.67. The Morgan fingerprint density at radius 2 is 1.68 bits per heavy atom. The van der Waals surface area contributed by atoms with Gasteiger partial charge in [0, 0.05) is 11.1 Å². The van der Waals surface area contributed by atoms with Crippen molar-refractivity contribution < 1.29 is 23.9 Å². The van der Waals surface area contributed by atoms with Crippen LogP contribution in [-0.2, 0) is 9.59 Å². The van der Waals surface area contributed by atoms with Crippen LogP contribution < -0.4 is 14.8 Å². The second-order valence-electron chi connectivity index (χ2n) is 9.36. The molecule has 40 heavy (non-hydrogen) atoms. The molecular formula is C32H28N2O5S. The van der Waals surface area contributed by atoms with E-state index in [1.165, 1.54) is 4.90 Å². The number of nitrogens with zero attached hydrogens (tertiary/aromatic N) is 1. The van der Waals surface area contributed by atoms with E-state index in [1.807, 2.05) is 74.5 Å². The van der Waals surface area contributed by atoms with Crippen molar-refractivity contribution in [2.75, 3.05) is 25.1 Å². The van der Waals surface area contributed by atoms with Crippen molar-refractivity contribution in [1.82, 2.24) is 4.90 Å². The summed E-state index contributed by atoms with van der Waals surface area (Å²) in [5, 5.41) is 4.54. The molecule has 0 unspecified atom stereocenters. The Bertz CT molecular complexity index is 1610. The maximum absolute atomic E-state index is 12.9. The molecule has 1 aliphatic heterocycles. The monoisotopic (exact) mass is 552 g/mol. The summed E-state index contributed by atoms with van der Waals surface area (Å²) in [5.74, 6) is 0.627. The molecule has 1 saturated heterocycles. The molecule has 202 valence electrons. The van der Waals surface area contributed by atoms with E-state index in [1.54, 1.807) is 30.3 Å². The number of hydrogen-bond acceptors (Lipinski definition) is 6. The predicted octanol–water partition coefficient (Wildman–Crippen LogP) is 6.59. The number of amides is 3. The molecule has 0 spiro atoms. The van der Waals surface area contributed by atoms with Crippen molar-refractivity contribution in [3.05, 3.63) is 107 Å². The lowest BCUT2D eigenvalue weighted by Crippen LogP contribution is -2.32. The number of anilines is 1. The van der Waals surface area contributed by atoms with Crippen molar-refractivity contribution in [3.8, 4) is 11.5 Å². The second kappa shape index (κ2) is 12.1. The summed E-state index contributed by atoms with van der Waals surface area (Å²) >= 11 is 0.905. The lowest BCUT2D eigenvalue weighted by atomic mass is 10.1. The van der Waals surface area contributed by atoms with Gasteiger partial charge in [0.15, 0.2) is 6.61 Å². The fourth-order valence-corrected chi connectivity index (χ4v) is 5.10. The SMILES string of the molecule is Cc1ccc(NC(=O)COc2ccc(/C=C3\SC(=O)N(CCOc4cccc5ccccc45)C3=O)cc2)cc1C. The first-order valence-electron chi connectivity index (χ1n) is 12.8. The van der Waals surface area contributed by atoms with Crippen molar-refractivity contribution in [2.45, 2.75) is 13.8 Å². The highest BCUT2D eigenvalue weighted by Crippen LogP contribution is 2.32. The molecule has 0 aliphatic carbocycles. The maximum atomic E-state index is 12.9. The molecule has 0 aromatic heterocycles. The number of ether oxygens (including phenoxy) is 2. The van der Waals surface area contributed by atoms with Crippen LogP contribution in [0.15, 0.2) is 89.8 Å². The average molecular weight is 553 g/mol. The van der Waals surface area contributed by atoms with Crippen LogP contribution in [0.5, 0.6) is 11.5 Å². The molecule has 0 atom stereocenters. The number of rotatable bonds is 9. The van der Waals surface area contributed by atoms with Gasteiger partial charge < -0.3 is 14.8 Å². The molecule has 1 aliphatic rings. The highest BCUT2D eigenvalue weighted by Gasteiger charge is 2.34. The van der Waals surface area contributed by atoms with Crippen LogP contribution in [-0.4, -0.2) is 41.7 Å². The van der Waals surface area contributed by atoms with E-state index in [-0.39, 0.29) is 36.8 Å². The molecular weight excluding hydrogens is 524 g/mol. The van der Waals surface area contributed by atoms with Crippen LogP contribution in [0.4, 0.5) is 10.5 Å². The number of hydrogen-bond donors (Lipinski definition) is 1. The lowest BCUT2D eigenvalue weighted by molar-refractivity contribution is -0.123. The minimum Gasteiger partial charge on any atom is -0.491 e. The fraction of sp³-hybridized carbons (Fsp3) is 0.156. The Balaban J connectivity index is 1.13. The third-order valence-electron chi connectivity index (χ3n) is 6.53. The summed E-state index contributed by atoms with van der Waals surface area (Å²) in [4.78, 5) is 39.2. The number of nitrogens with one attached hydrogen (secondary N) is 1. The minimum atomic E-state index is -0.347. The van der Waals surface area contributed by atoms with Crippen LogP contribution >= 0.6 is 11.8 Å². The number of imide groups is 1.